The molecule has 0 saturated carbocycles. The maximum atomic E-state index is 12.5. The second-order valence-electron chi connectivity index (χ2n) is 7.31. The molecule has 146 valence electrons. The van der Waals surface area contributed by atoms with Crippen molar-refractivity contribution in [1.29, 1.82) is 0 Å². The van der Waals surface area contributed by atoms with Gasteiger partial charge in [-0.05, 0) is 31.7 Å². The molecule has 4 rings (SSSR count). The first kappa shape index (κ1) is 18.5. The Balaban J connectivity index is 1.48. The number of hydrogen-bond donors (Lipinski definition) is 0. The molecule has 0 aliphatic carbocycles. The minimum Gasteiger partial charge on any atom is -0.365 e. The van der Waals surface area contributed by atoms with E-state index in [1.54, 1.807) is 0 Å². The number of anilines is 1. The molecule has 2 aromatic heterocycles. The average molecular weight is 409 g/mol. The summed E-state index contributed by atoms with van der Waals surface area (Å²) < 4.78 is 25.6. The zero-order valence-corrected chi connectivity index (χ0v) is 17.2. The molecule has 2 saturated heterocycles. The zero-order valence-electron chi connectivity index (χ0n) is 15.6. The smallest absolute Gasteiger partial charge is 0.254 e. The molecule has 1 atom stereocenters. The van der Waals surface area contributed by atoms with Gasteiger partial charge in [0.25, 0.3) is 5.91 Å². The molecule has 2 aromatic rings. The van der Waals surface area contributed by atoms with Gasteiger partial charge in [-0.2, -0.15) is 16.4 Å². The van der Waals surface area contributed by atoms with Crippen molar-refractivity contribution in [2.75, 3.05) is 42.6 Å². The minimum absolute atomic E-state index is 0.0658. The van der Waals surface area contributed by atoms with Crippen LogP contribution in [0.5, 0.6) is 0 Å². The summed E-state index contributed by atoms with van der Waals surface area (Å²) in [5, 5.41) is 8.48. The van der Waals surface area contributed by atoms with Gasteiger partial charge >= 0.3 is 0 Å². The van der Waals surface area contributed by atoms with E-state index < -0.39 is 9.84 Å². The van der Waals surface area contributed by atoms with E-state index in [1.807, 2.05) is 40.3 Å². The highest BCUT2D eigenvalue weighted by molar-refractivity contribution is 7.91. The van der Waals surface area contributed by atoms with E-state index in [0.29, 0.717) is 19.5 Å². The van der Waals surface area contributed by atoms with Crippen LogP contribution in [-0.4, -0.2) is 66.7 Å². The van der Waals surface area contributed by atoms with Crippen molar-refractivity contribution >= 4 is 32.8 Å². The van der Waals surface area contributed by atoms with E-state index in [0.717, 1.165) is 35.7 Å². The Hall–Kier alpha value is -1.87. The first-order valence-electron chi connectivity index (χ1n) is 9.18. The van der Waals surface area contributed by atoms with Gasteiger partial charge in [0.05, 0.1) is 40.2 Å². The fourth-order valence-electron chi connectivity index (χ4n) is 4.14. The van der Waals surface area contributed by atoms with Gasteiger partial charge in [-0.25, -0.2) is 8.42 Å². The van der Waals surface area contributed by atoms with Crippen LogP contribution in [0.2, 0.25) is 0 Å². The van der Waals surface area contributed by atoms with Crippen molar-refractivity contribution in [3.63, 3.8) is 0 Å². The summed E-state index contributed by atoms with van der Waals surface area (Å²) in [5.41, 5.74) is 3.79. The third-order valence-corrected chi connectivity index (χ3v) is 7.93. The number of rotatable bonds is 3. The van der Waals surface area contributed by atoms with Gasteiger partial charge in [0.15, 0.2) is 9.84 Å². The summed E-state index contributed by atoms with van der Waals surface area (Å²) in [7, 11) is -2.94. The highest BCUT2D eigenvalue weighted by Crippen LogP contribution is 2.31. The molecule has 2 aliphatic heterocycles. The number of nitrogens with zero attached hydrogens (tertiary/aromatic N) is 4. The lowest BCUT2D eigenvalue weighted by Gasteiger charge is -2.36. The van der Waals surface area contributed by atoms with Gasteiger partial charge in [0.1, 0.15) is 0 Å². The lowest BCUT2D eigenvalue weighted by molar-refractivity contribution is 0.0747. The number of amides is 1. The van der Waals surface area contributed by atoms with Gasteiger partial charge in [0, 0.05) is 31.6 Å². The fourth-order valence-corrected chi connectivity index (χ4v) is 6.46. The first-order valence-corrected chi connectivity index (χ1v) is 11.9. The van der Waals surface area contributed by atoms with Gasteiger partial charge in [-0.15, -0.1) is 0 Å². The van der Waals surface area contributed by atoms with Crippen LogP contribution in [0.1, 0.15) is 34.2 Å². The largest absolute Gasteiger partial charge is 0.365 e. The molecule has 0 bridgehead atoms. The molecule has 0 aromatic carbocycles. The zero-order chi connectivity index (χ0) is 19.2. The molecule has 2 fully saturated rings. The maximum absolute atomic E-state index is 12.5. The lowest BCUT2D eigenvalue weighted by Crippen LogP contribution is -2.49. The molecule has 4 heterocycles. The van der Waals surface area contributed by atoms with Crippen LogP contribution in [0.4, 0.5) is 5.69 Å². The number of piperazine rings is 1. The van der Waals surface area contributed by atoms with Crippen molar-refractivity contribution in [2.24, 2.45) is 0 Å². The Labute approximate surface area is 163 Å². The maximum Gasteiger partial charge on any atom is 0.254 e. The lowest BCUT2D eigenvalue weighted by atomic mass is 10.2. The molecule has 2 aliphatic rings. The number of thiophene rings is 1. The summed E-state index contributed by atoms with van der Waals surface area (Å²) in [4.78, 5) is 16.7. The van der Waals surface area contributed by atoms with Gasteiger partial charge in [-0.3, -0.25) is 9.48 Å². The molecular formula is C18H24N4O3S2. The number of sulfone groups is 1. The van der Waals surface area contributed by atoms with Crippen molar-refractivity contribution < 1.29 is 13.2 Å². The average Bonchev–Trinajstić information content (AvgIpc) is 3.35. The van der Waals surface area contributed by atoms with E-state index >= 15 is 0 Å². The van der Waals surface area contributed by atoms with Crippen molar-refractivity contribution in [1.82, 2.24) is 14.7 Å². The monoisotopic (exact) mass is 408 g/mol. The predicted molar refractivity (Wildman–Crippen MR) is 106 cm³/mol. The highest BCUT2D eigenvalue weighted by Gasteiger charge is 2.33. The van der Waals surface area contributed by atoms with Crippen LogP contribution in [0, 0.1) is 13.8 Å². The van der Waals surface area contributed by atoms with Gasteiger partial charge in [-0.1, -0.05) is 0 Å². The van der Waals surface area contributed by atoms with E-state index in [1.165, 1.54) is 11.3 Å². The minimum atomic E-state index is -2.94. The highest BCUT2D eigenvalue weighted by atomic mass is 32.2. The molecule has 0 spiro atoms. The van der Waals surface area contributed by atoms with Crippen LogP contribution < -0.4 is 4.90 Å². The van der Waals surface area contributed by atoms with Crippen molar-refractivity contribution in [3.05, 3.63) is 33.8 Å². The predicted octanol–water partition coefficient (Wildman–Crippen LogP) is 1.88. The summed E-state index contributed by atoms with van der Waals surface area (Å²) in [6, 6.07) is 1.80. The molecule has 9 heteroatoms. The summed E-state index contributed by atoms with van der Waals surface area (Å²) in [6.07, 6.45) is 0.632. The topological polar surface area (TPSA) is 75.5 Å². The van der Waals surface area contributed by atoms with Crippen molar-refractivity contribution in [3.8, 4) is 0 Å². The summed E-state index contributed by atoms with van der Waals surface area (Å²) in [6.45, 7) is 6.86. The Morgan fingerprint density at radius 2 is 1.96 bits per heavy atom. The molecule has 7 nitrogen and oxygen atoms in total. The van der Waals surface area contributed by atoms with Crippen molar-refractivity contribution in [2.45, 2.75) is 26.3 Å². The van der Waals surface area contributed by atoms with Crippen LogP contribution in [-0.2, 0) is 9.84 Å². The van der Waals surface area contributed by atoms with Gasteiger partial charge < -0.3 is 9.80 Å². The normalized spacial score (nSPS) is 22.4. The molecular weight excluding hydrogens is 384 g/mol. The van der Waals surface area contributed by atoms with E-state index in [-0.39, 0.29) is 23.5 Å². The van der Waals surface area contributed by atoms with E-state index in [2.05, 4.69) is 10.00 Å². The number of carbonyl (C=O) groups is 1. The summed E-state index contributed by atoms with van der Waals surface area (Å²) >= 11 is 1.54. The Morgan fingerprint density at radius 3 is 2.56 bits per heavy atom. The van der Waals surface area contributed by atoms with Gasteiger partial charge in [0.2, 0.25) is 0 Å². The van der Waals surface area contributed by atoms with Crippen LogP contribution >= 0.6 is 11.3 Å². The number of hydrogen-bond acceptors (Lipinski definition) is 6. The Bertz CT molecular complexity index is 942. The van der Waals surface area contributed by atoms with Crippen LogP contribution in [0.15, 0.2) is 16.8 Å². The molecule has 0 N–H and O–H groups in total. The summed E-state index contributed by atoms with van der Waals surface area (Å²) in [5.74, 6) is 0.516. The second-order valence-corrected chi connectivity index (χ2v) is 10.3. The number of aromatic nitrogens is 2. The standard InChI is InChI=1S/C18H24N4O3S2/c1-13-17(14(2)22(19-13)16-4-10-27(24,25)12-16)20-5-7-21(8-6-20)18(23)15-3-9-26-11-15/h3,9,11,16H,4-8,10,12H2,1-2H3/t16-/m1/s1. The van der Waals surface area contributed by atoms with E-state index in [9.17, 15) is 13.2 Å². The number of carbonyl (C=O) groups excluding carboxylic acids is 1. The quantitative estimate of drug-likeness (QED) is 0.775. The SMILES string of the molecule is Cc1nn([C@@H]2CCS(=O)(=O)C2)c(C)c1N1CCN(C(=O)c2ccsc2)CC1. The fraction of sp³-hybridized carbons (Fsp3) is 0.556. The second kappa shape index (κ2) is 6.94. The van der Waals surface area contributed by atoms with Crippen LogP contribution in [0.25, 0.3) is 0 Å². The first-order chi connectivity index (χ1) is 12.9. The molecule has 27 heavy (non-hydrogen) atoms. The molecule has 1 amide bonds. The Kier molecular flexibility index (Phi) is 4.75. The third-order valence-electron chi connectivity index (χ3n) is 5.49. The number of aryl methyl sites for hydroxylation is 1. The van der Waals surface area contributed by atoms with Crippen LogP contribution in [0.3, 0.4) is 0 Å². The molecule has 0 radical (unpaired) electrons. The van der Waals surface area contributed by atoms with E-state index in [4.69, 9.17) is 0 Å². The molecule has 0 unspecified atom stereocenters. The third kappa shape index (κ3) is 3.50. The Morgan fingerprint density at radius 1 is 1.22 bits per heavy atom.